The van der Waals surface area contributed by atoms with E-state index in [2.05, 4.69) is 36.9 Å². The summed E-state index contributed by atoms with van der Waals surface area (Å²) in [6, 6.07) is 6.22. The van der Waals surface area contributed by atoms with E-state index in [9.17, 15) is 5.11 Å². The summed E-state index contributed by atoms with van der Waals surface area (Å²) < 4.78 is 5.78. The van der Waals surface area contributed by atoms with Crippen LogP contribution in [0.5, 0.6) is 5.75 Å². The SMILES string of the molecule is Cc1ccc(C)c(OCCN(C)CC(C)(C)O)c1. The molecular formula is C15H25NO2. The lowest BCUT2D eigenvalue weighted by molar-refractivity contribution is 0.0411. The van der Waals surface area contributed by atoms with Crippen LogP contribution in [0.3, 0.4) is 0 Å². The molecule has 1 aromatic rings. The van der Waals surface area contributed by atoms with E-state index in [-0.39, 0.29) is 0 Å². The van der Waals surface area contributed by atoms with Crippen molar-refractivity contribution in [3.63, 3.8) is 0 Å². The highest BCUT2D eigenvalue weighted by molar-refractivity contribution is 5.35. The van der Waals surface area contributed by atoms with E-state index in [0.29, 0.717) is 13.2 Å². The van der Waals surface area contributed by atoms with Crippen molar-refractivity contribution in [3.8, 4) is 5.75 Å². The second-order valence-corrected chi connectivity index (χ2v) is 5.67. The van der Waals surface area contributed by atoms with Gasteiger partial charge < -0.3 is 14.7 Å². The lowest BCUT2D eigenvalue weighted by Crippen LogP contribution is -2.38. The number of likely N-dealkylation sites (N-methyl/N-ethyl adjacent to an activating group) is 1. The van der Waals surface area contributed by atoms with Gasteiger partial charge in [-0.05, 0) is 51.9 Å². The molecule has 102 valence electrons. The number of nitrogens with zero attached hydrogens (tertiary/aromatic N) is 1. The van der Waals surface area contributed by atoms with Gasteiger partial charge >= 0.3 is 0 Å². The summed E-state index contributed by atoms with van der Waals surface area (Å²) in [4.78, 5) is 2.07. The van der Waals surface area contributed by atoms with E-state index in [0.717, 1.165) is 17.9 Å². The second kappa shape index (κ2) is 6.21. The van der Waals surface area contributed by atoms with Crippen LogP contribution in [0.1, 0.15) is 25.0 Å². The van der Waals surface area contributed by atoms with Crippen LogP contribution in [0.4, 0.5) is 0 Å². The molecule has 1 N–H and O–H groups in total. The molecule has 1 aromatic carbocycles. The number of rotatable bonds is 6. The van der Waals surface area contributed by atoms with Gasteiger partial charge in [-0.15, -0.1) is 0 Å². The first-order valence-electron chi connectivity index (χ1n) is 6.39. The van der Waals surface area contributed by atoms with Gasteiger partial charge in [0.25, 0.3) is 0 Å². The monoisotopic (exact) mass is 251 g/mol. The largest absolute Gasteiger partial charge is 0.492 e. The first kappa shape index (κ1) is 15.0. The number of hydrogen-bond donors (Lipinski definition) is 1. The Morgan fingerprint density at radius 1 is 1.28 bits per heavy atom. The zero-order valence-corrected chi connectivity index (χ0v) is 12.2. The molecule has 1 rings (SSSR count). The molecular weight excluding hydrogens is 226 g/mol. The Morgan fingerprint density at radius 3 is 2.56 bits per heavy atom. The third-order valence-corrected chi connectivity index (χ3v) is 2.73. The molecule has 0 bridgehead atoms. The van der Waals surface area contributed by atoms with Crippen LogP contribution in [0.2, 0.25) is 0 Å². The maximum Gasteiger partial charge on any atom is 0.122 e. The average molecular weight is 251 g/mol. The van der Waals surface area contributed by atoms with Crippen molar-refractivity contribution >= 4 is 0 Å². The maximum atomic E-state index is 9.70. The zero-order chi connectivity index (χ0) is 13.8. The van der Waals surface area contributed by atoms with Crippen molar-refractivity contribution in [1.82, 2.24) is 4.90 Å². The summed E-state index contributed by atoms with van der Waals surface area (Å²) in [6.07, 6.45) is 0. The number of benzene rings is 1. The fourth-order valence-corrected chi connectivity index (χ4v) is 1.91. The summed E-state index contributed by atoms with van der Waals surface area (Å²) in [5, 5.41) is 9.70. The van der Waals surface area contributed by atoms with Gasteiger partial charge in [0.15, 0.2) is 0 Å². The Morgan fingerprint density at radius 2 is 1.94 bits per heavy atom. The Kier molecular flexibility index (Phi) is 5.17. The molecule has 0 aliphatic carbocycles. The van der Waals surface area contributed by atoms with Crippen LogP contribution in [0.25, 0.3) is 0 Å². The zero-order valence-electron chi connectivity index (χ0n) is 12.2. The Bertz CT molecular complexity index is 383. The second-order valence-electron chi connectivity index (χ2n) is 5.67. The minimum absolute atomic E-state index is 0.636. The number of aliphatic hydroxyl groups is 1. The van der Waals surface area contributed by atoms with E-state index in [4.69, 9.17) is 4.74 Å². The standard InChI is InChI=1S/C15H25NO2/c1-12-6-7-13(2)14(10-12)18-9-8-16(5)11-15(3,4)17/h6-7,10,17H,8-9,11H2,1-5H3. The molecule has 0 fully saturated rings. The van der Waals surface area contributed by atoms with Crippen LogP contribution >= 0.6 is 0 Å². The van der Waals surface area contributed by atoms with Crippen LogP contribution in [0, 0.1) is 13.8 Å². The fraction of sp³-hybridized carbons (Fsp3) is 0.600. The minimum atomic E-state index is -0.659. The molecule has 3 heteroatoms. The smallest absolute Gasteiger partial charge is 0.122 e. The predicted molar refractivity (Wildman–Crippen MR) is 75.2 cm³/mol. The molecule has 0 aliphatic heterocycles. The Hall–Kier alpha value is -1.06. The number of aryl methyl sites for hydroxylation is 2. The highest BCUT2D eigenvalue weighted by Gasteiger charge is 2.15. The van der Waals surface area contributed by atoms with Gasteiger partial charge in [0, 0.05) is 13.1 Å². The molecule has 0 amide bonds. The van der Waals surface area contributed by atoms with Gasteiger partial charge in [-0.2, -0.15) is 0 Å². The van der Waals surface area contributed by atoms with Gasteiger partial charge in [-0.3, -0.25) is 0 Å². The van der Waals surface area contributed by atoms with Crippen LogP contribution in [0.15, 0.2) is 18.2 Å². The quantitative estimate of drug-likeness (QED) is 0.842. The van der Waals surface area contributed by atoms with Gasteiger partial charge in [-0.25, -0.2) is 0 Å². The molecule has 0 atom stereocenters. The molecule has 3 nitrogen and oxygen atoms in total. The van der Waals surface area contributed by atoms with Crippen molar-refractivity contribution in [3.05, 3.63) is 29.3 Å². The van der Waals surface area contributed by atoms with E-state index in [1.807, 2.05) is 20.9 Å². The molecule has 0 radical (unpaired) electrons. The maximum absolute atomic E-state index is 9.70. The molecule has 0 aromatic heterocycles. The lowest BCUT2D eigenvalue weighted by atomic mass is 10.1. The highest BCUT2D eigenvalue weighted by atomic mass is 16.5. The van der Waals surface area contributed by atoms with E-state index >= 15 is 0 Å². The molecule has 0 saturated heterocycles. The van der Waals surface area contributed by atoms with Gasteiger partial charge in [0.1, 0.15) is 12.4 Å². The van der Waals surface area contributed by atoms with Crippen molar-refractivity contribution < 1.29 is 9.84 Å². The molecule has 0 heterocycles. The van der Waals surface area contributed by atoms with Gasteiger partial charge in [0.05, 0.1) is 5.60 Å². The predicted octanol–water partition coefficient (Wildman–Crippen LogP) is 2.38. The molecule has 0 unspecified atom stereocenters. The molecule has 0 aliphatic rings. The molecule has 0 spiro atoms. The highest BCUT2D eigenvalue weighted by Crippen LogP contribution is 2.18. The van der Waals surface area contributed by atoms with Crippen molar-refractivity contribution in [2.45, 2.75) is 33.3 Å². The summed E-state index contributed by atoms with van der Waals surface area (Å²) in [6.45, 7) is 9.82. The fourth-order valence-electron chi connectivity index (χ4n) is 1.91. The van der Waals surface area contributed by atoms with Crippen molar-refractivity contribution in [2.75, 3.05) is 26.7 Å². The van der Waals surface area contributed by atoms with E-state index in [1.165, 1.54) is 5.56 Å². The number of ether oxygens (including phenoxy) is 1. The van der Waals surface area contributed by atoms with Crippen LogP contribution in [-0.2, 0) is 0 Å². The topological polar surface area (TPSA) is 32.7 Å². The first-order valence-corrected chi connectivity index (χ1v) is 6.39. The van der Waals surface area contributed by atoms with Crippen LogP contribution < -0.4 is 4.74 Å². The summed E-state index contributed by atoms with van der Waals surface area (Å²) in [7, 11) is 1.99. The Labute approximate surface area is 110 Å². The van der Waals surface area contributed by atoms with E-state index < -0.39 is 5.60 Å². The lowest BCUT2D eigenvalue weighted by Gasteiger charge is -2.25. The summed E-state index contributed by atoms with van der Waals surface area (Å²) in [5.74, 6) is 0.951. The third kappa shape index (κ3) is 5.52. The summed E-state index contributed by atoms with van der Waals surface area (Å²) in [5.41, 5.74) is 1.71. The molecule has 18 heavy (non-hydrogen) atoms. The van der Waals surface area contributed by atoms with Gasteiger partial charge in [0.2, 0.25) is 0 Å². The average Bonchev–Trinajstić information content (AvgIpc) is 2.20. The van der Waals surface area contributed by atoms with Gasteiger partial charge in [-0.1, -0.05) is 12.1 Å². The number of hydrogen-bond acceptors (Lipinski definition) is 3. The van der Waals surface area contributed by atoms with Crippen molar-refractivity contribution in [2.24, 2.45) is 0 Å². The normalized spacial score (nSPS) is 11.9. The van der Waals surface area contributed by atoms with E-state index in [1.54, 1.807) is 0 Å². The summed E-state index contributed by atoms with van der Waals surface area (Å²) >= 11 is 0. The Balaban J connectivity index is 2.40. The minimum Gasteiger partial charge on any atom is -0.492 e. The first-order chi connectivity index (χ1) is 8.28. The van der Waals surface area contributed by atoms with Crippen molar-refractivity contribution in [1.29, 1.82) is 0 Å². The van der Waals surface area contributed by atoms with Crippen LogP contribution in [-0.4, -0.2) is 42.4 Å². The third-order valence-electron chi connectivity index (χ3n) is 2.73. The molecule has 0 saturated carbocycles.